The van der Waals surface area contributed by atoms with Gasteiger partial charge >= 0.3 is 0 Å². The van der Waals surface area contributed by atoms with Crippen LogP contribution in [0.4, 0.5) is 0 Å². The van der Waals surface area contributed by atoms with Gasteiger partial charge in [-0.2, -0.15) is 0 Å². The summed E-state index contributed by atoms with van der Waals surface area (Å²) in [6.45, 7) is 5.76. The molecule has 3 rings (SSSR count). The molecule has 6 nitrogen and oxygen atoms in total. The van der Waals surface area contributed by atoms with Crippen LogP contribution in [0.3, 0.4) is 0 Å². The number of ether oxygens (including phenoxy) is 2. The third-order valence-corrected chi connectivity index (χ3v) is 5.59. The largest absolute Gasteiger partial charge is 0.488 e. The summed E-state index contributed by atoms with van der Waals surface area (Å²) in [5, 5.41) is 4.10. The lowest BCUT2D eigenvalue weighted by molar-refractivity contribution is -0.122. The molecule has 1 saturated heterocycles. The number of nitrogens with one attached hydrogen (secondary N) is 1. The molecule has 0 atom stereocenters. The minimum Gasteiger partial charge on any atom is -0.488 e. The van der Waals surface area contributed by atoms with Crippen molar-refractivity contribution in [3.8, 4) is 5.75 Å². The van der Waals surface area contributed by atoms with Crippen LogP contribution in [0.5, 0.6) is 5.75 Å². The summed E-state index contributed by atoms with van der Waals surface area (Å²) in [7, 11) is 1.67. The lowest BCUT2D eigenvalue weighted by Gasteiger charge is -2.31. The number of carbonyl (C=O) groups excluding carboxylic acids is 1. The Balaban J connectivity index is 1.53. The average Bonchev–Trinajstić information content (AvgIpc) is 2.76. The molecule has 0 saturated carbocycles. The van der Waals surface area contributed by atoms with Crippen molar-refractivity contribution in [2.24, 2.45) is 0 Å². The first-order chi connectivity index (χ1) is 14.7. The number of methoxy groups -OCH3 is 1. The Bertz CT molecular complexity index is 803. The molecule has 0 bridgehead atoms. The van der Waals surface area contributed by atoms with Gasteiger partial charge in [0.25, 0.3) is 0 Å². The monoisotopic (exact) mass is 413 g/mol. The molecule has 1 aromatic carbocycles. The van der Waals surface area contributed by atoms with E-state index in [0.717, 1.165) is 55.4 Å². The van der Waals surface area contributed by atoms with Gasteiger partial charge in [-0.05, 0) is 55.9 Å². The zero-order valence-electron chi connectivity index (χ0n) is 18.4. The number of likely N-dealkylation sites (tertiary alicyclic amines) is 1. The molecule has 1 amide bonds. The van der Waals surface area contributed by atoms with E-state index in [4.69, 9.17) is 9.47 Å². The van der Waals surface area contributed by atoms with Gasteiger partial charge in [0, 0.05) is 44.9 Å². The predicted octanol–water partition coefficient (Wildman–Crippen LogP) is 3.57. The van der Waals surface area contributed by atoms with Crippen LogP contribution in [0, 0.1) is 0 Å². The van der Waals surface area contributed by atoms with E-state index >= 15 is 0 Å². The van der Waals surface area contributed by atoms with Gasteiger partial charge in [-0.3, -0.25) is 14.7 Å². The van der Waals surface area contributed by atoms with Gasteiger partial charge in [-0.25, -0.2) is 0 Å². The van der Waals surface area contributed by atoms with Crippen molar-refractivity contribution in [1.29, 1.82) is 0 Å². The van der Waals surface area contributed by atoms with E-state index < -0.39 is 0 Å². The molecule has 1 aliphatic heterocycles. The van der Waals surface area contributed by atoms with Crippen molar-refractivity contribution < 1.29 is 14.3 Å². The quantitative estimate of drug-likeness (QED) is 0.571. The van der Waals surface area contributed by atoms with Crippen molar-refractivity contribution in [3.05, 3.63) is 36.0 Å². The van der Waals surface area contributed by atoms with Gasteiger partial charge in [-0.1, -0.05) is 19.4 Å². The van der Waals surface area contributed by atoms with Crippen molar-refractivity contribution >= 4 is 16.8 Å². The van der Waals surface area contributed by atoms with Crippen molar-refractivity contribution in [2.45, 2.75) is 51.6 Å². The van der Waals surface area contributed by atoms with Gasteiger partial charge in [-0.15, -0.1) is 0 Å². The number of fused-ring (bicyclic) bond motifs is 1. The normalized spacial score (nSPS) is 15.4. The predicted molar refractivity (Wildman–Crippen MR) is 120 cm³/mol. The Kier molecular flexibility index (Phi) is 8.90. The Morgan fingerprint density at radius 1 is 1.27 bits per heavy atom. The van der Waals surface area contributed by atoms with Crippen LogP contribution >= 0.6 is 0 Å². The molecule has 1 fully saturated rings. The number of pyridine rings is 1. The summed E-state index contributed by atoms with van der Waals surface area (Å²) in [5.74, 6) is 0.984. The molecule has 2 aromatic rings. The molecule has 1 N–H and O–H groups in total. The summed E-state index contributed by atoms with van der Waals surface area (Å²) in [4.78, 5) is 18.9. The number of hydrogen-bond donors (Lipinski definition) is 1. The fraction of sp³-hybridized carbons (Fsp3) is 0.583. The van der Waals surface area contributed by atoms with Crippen LogP contribution < -0.4 is 10.1 Å². The fourth-order valence-electron chi connectivity index (χ4n) is 3.90. The highest BCUT2D eigenvalue weighted by Crippen LogP contribution is 2.29. The van der Waals surface area contributed by atoms with E-state index in [2.05, 4.69) is 40.3 Å². The zero-order valence-corrected chi connectivity index (χ0v) is 18.4. The summed E-state index contributed by atoms with van der Waals surface area (Å²) in [6.07, 6.45) is 8.10. The van der Waals surface area contributed by atoms with E-state index in [1.807, 2.05) is 12.3 Å². The van der Waals surface area contributed by atoms with Gasteiger partial charge in [0.15, 0.2) is 0 Å². The Morgan fingerprint density at radius 3 is 2.87 bits per heavy atom. The third kappa shape index (κ3) is 6.67. The molecule has 0 aliphatic carbocycles. The molecule has 164 valence electrons. The number of unbranched alkanes of at least 4 members (excludes halogenated alkanes) is 1. The maximum absolute atomic E-state index is 12.1. The molecular weight excluding hydrogens is 378 g/mol. The second kappa shape index (κ2) is 11.9. The van der Waals surface area contributed by atoms with Crippen LogP contribution in [-0.2, 0) is 16.0 Å². The number of rotatable bonds is 11. The van der Waals surface area contributed by atoms with E-state index in [1.54, 1.807) is 7.11 Å². The first-order valence-electron chi connectivity index (χ1n) is 11.2. The molecule has 1 aromatic heterocycles. The number of nitrogens with zero attached hydrogens (tertiary/aromatic N) is 2. The standard InChI is InChI=1S/C24H35N3O3/c1-3-4-7-19-16-20-8-5-11-26-24(20)22(17-19)30-21-9-13-27(14-10-21)18-23(28)25-12-6-15-29-2/h5,8,11,16-17,21H,3-4,6-7,9-10,12-15,18H2,1-2H3,(H,25,28). The van der Waals surface area contributed by atoms with Crippen molar-refractivity contribution in [3.63, 3.8) is 0 Å². The minimum absolute atomic E-state index is 0.0873. The first-order valence-corrected chi connectivity index (χ1v) is 11.2. The highest BCUT2D eigenvalue weighted by molar-refractivity contribution is 5.85. The number of piperidine rings is 1. The van der Waals surface area contributed by atoms with E-state index in [1.165, 1.54) is 18.4 Å². The highest BCUT2D eigenvalue weighted by atomic mass is 16.5. The minimum atomic E-state index is 0.0873. The van der Waals surface area contributed by atoms with Gasteiger partial charge in [0.05, 0.1) is 6.54 Å². The molecule has 1 aliphatic rings. The molecule has 6 heteroatoms. The Hall–Kier alpha value is -2.18. The van der Waals surface area contributed by atoms with Crippen LogP contribution in [0.2, 0.25) is 0 Å². The second-order valence-corrected chi connectivity index (χ2v) is 8.06. The van der Waals surface area contributed by atoms with E-state index in [0.29, 0.717) is 19.7 Å². The number of aromatic nitrogens is 1. The fourth-order valence-corrected chi connectivity index (χ4v) is 3.90. The molecule has 30 heavy (non-hydrogen) atoms. The number of carbonyl (C=O) groups is 1. The summed E-state index contributed by atoms with van der Waals surface area (Å²) in [5.41, 5.74) is 2.26. The summed E-state index contributed by atoms with van der Waals surface area (Å²) in [6, 6.07) is 8.50. The maximum Gasteiger partial charge on any atom is 0.234 e. The van der Waals surface area contributed by atoms with E-state index in [-0.39, 0.29) is 12.0 Å². The maximum atomic E-state index is 12.1. The van der Waals surface area contributed by atoms with E-state index in [9.17, 15) is 4.79 Å². The average molecular weight is 414 g/mol. The van der Waals surface area contributed by atoms with Crippen LogP contribution in [-0.4, -0.2) is 61.8 Å². The zero-order chi connectivity index (χ0) is 21.2. The molecule has 0 radical (unpaired) electrons. The van der Waals surface area contributed by atoms with Crippen LogP contribution in [0.25, 0.3) is 10.9 Å². The Morgan fingerprint density at radius 2 is 2.10 bits per heavy atom. The van der Waals surface area contributed by atoms with Gasteiger partial charge < -0.3 is 14.8 Å². The van der Waals surface area contributed by atoms with Crippen LogP contribution in [0.15, 0.2) is 30.5 Å². The van der Waals surface area contributed by atoms with Crippen molar-refractivity contribution in [2.75, 3.05) is 39.9 Å². The second-order valence-electron chi connectivity index (χ2n) is 8.06. The summed E-state index contributed by atoms with van der Waals surface area (Å²) < 4.78 is 11.4. The number of benzene rings is 1. The number of hydrogen-bond acceptors (Lipinski definition) is 5. The Labute approximate surface area is 179 Å². The molecular formula is C24H35N3O3. The third-order valence-electron chi connectivity index (χ3n) is 5.59. The van der Waals surface area contributed by atoms with Gasteiger partial charge in [0.2, 0.25) is 5.91 Å². The summed E-state index contributed by atoms with van der Waals surface area (Å²) >= 11 is 0. The smallest absolute Gasteiger partial charge is 0.234 e. The van der Waals surface area contributed by atoms with Crippen LogP contribution in [0.1, 0.15) is 44.6 Å². The highest BCUT2D eigenvalue weighted by Gasteiger charge is 2.23. The lowest BCUT2D eigenvalue weighted by Crippen LogP contribution is -2.44. The topological polar surface area (TPSA) is 63.7 Å². The first kappa shape index (κ1) is 22.5. The molecule has 2 heterocycles. The molecule has 0 unspecified atom stereocenters. The number of amides is 1. The van der Waals surface area contributed by atoms with Crippen molar-refractivity contribution in [1.82, 2.24) is 15.2 Å². The SMILES string of the molecule is CCCCc1cc(OC2CCN(CC(=O)NCCCOC)CC2)c2ncccc2c1. The number of aryl methyl sites for hydroxylation is 1. The lowest BCUT2D eigenvalue weighted by atomic mass is 10.0. The van der Waals surface area contributed by atoms with Gasteiger partial charge in [0.1, 0.15) is 17.4 Å². The molecule has 0 spiro atoms.